The molecule has 126 valence electrons. The average Bonchev–Trinajstić information content (AvgIpc) is 2.52. The van der Waals surface area contributed by atoms with Gasteiger partial charge in [-0.25, -0.2) is 4.79 Å². The lowest BCUT2D eigenvalue weighted by molar-refractivity contribution is -0.127. The molecule has 1 aromatic carbocycles. The standard InChI is InChI=1S/C16H22N2O4S/c1-3-8-17-15(20)11(2)18-14(19)10-23-9-12-4-6-13(7-5-12)16(21)22/h4-7,11H,3,8-10H2,1-2H3,(H,17,20)(H,18,19)(H,21,22)/t11-/m0/s1. The molecule has 0 bridgehead atoms. The third-order valence-electron chi connectivity index (χ3n) is 3.02. The van der Waals surface area contributed by atoms with Gasteiger partial charge in [0.05, 0.1) is 11.3 Å². The summed E-state index contributed by atoms with van der Waals surface area (Å²) in [7, 11) is 0. The normalized spacial score (nSPS) is 11.6. The van der Waals surface area contributed by atoms with Gasteiger partial charge in [0.1, 0.15) is 6.04 Å². The van der Waals surface area contributed by atoms with Crippen LogP contribution in [-0.4, -0.2) is 41.2 Å². The van der Waals surface area contributed by atoms with Crippen LogP contribution in [0.15, 0.2) is 24.3 Å². The van der Waals surface area contributed by atoms with Crippen molar-refractivity contribution in [2.24, 2.45) is 0 Å². The third kappa shape index (κ3) is 7.19. The topological polar surface area (TPSA) is 95.5 Å². The Hall–Kier alpha value is -2.02. The van der Waals surface area contributed by atoms with Crippen molar-refractivity contribution in [1.29, 1.82) is 0 Å². The number of amides is 2. The van der Waals surface area contributed by atoms with Gasteiger partial charge in [0.2, 0.25) is 11.8 Å². The summed E-state index contributed by atoms with van der Waals surface area (Å²) < 4.78 is 0. The molecule has 0 heterocycles. The first-order valence-electron chi connectivity index (χ1n) is 7.41. The summed E-state index contributed by atoms with van der Waals surface area (Å²) in [4.78, 5) is 34.2. The lowest BCUT2D eigenvalue weighted by atomic mass is 10.1. The molecular weight excluding hydrogens is 316 g/mol. The highest BCUT2D eigenvalue weighted by atomic mass is 32.2. The van der Waals surface area contributed by atoms with E-state index in [1.165, 1.54) is 11.8 Å². The van der Waals surface area contributed by atoms with E-state index in [4.69, 9.17) is 5.11 Å². The first-order chi connectivity index (χ1) is 10.9. The Morgan fingerprint density at radius 2 is 1.87 bits per heavy atom. The second-order valence-electron chi connectivity index (χ2n) is 5.08. The van der Waals surface area contributed by atoms with E-state index < -0.39 is 12.0 Å². The smallest absolute Gasteiger partial charge is 0.335 e. The zero-order valence-corrected chi connectivity index (χ0v) is 14.1. The molecular formula is C16H22N2O4S. The number of benzene rings is 1. The molecule has 23 heavy (non-hydrogen) atoms. The van der Waals surface area contributed by atoms with E-state index in [9.17, 15) is 14.4 Å². The summed E-state index contributed by atoms with van der Waals surface area (Å²) in [6, 6.07) is 5.99. The first-order valence-corrected chi connectivity index (χ1v) is 8.56. The molecule has 1 atom stereocenters. The molecule has 0 aliphatic carbocycles. The Morgan fingerprint density at radius 1 is 1.22 bits per heavy atom. The van der Waals surface area contributed by atoms with Crippen molar-refractivity contribution in [3.63, 3.8) is 0 Å². The SMILES string of the molecule is CCCNC(=O)[C@H](C)NC(=O)CSCc1ccc(C(=O)O)cc1. The minimum atomic E-state index is -0.959. The van der Waals surface area contributed by atoms with Gasteiger partial charge < -0.3 is 15.7 Å². The molecule has 3 N–H and O–H groups in total. The Morgan fingerprint density at radius 3 is 2.43 bits per heavy atom. The average molecular weight is 338 g/mol. The fourth-order valence-corrected chi connectivity index (χ4v) is 2.55. The molecule has 0 aliphatic heterocycles. The summed E-state index contributed by atoms with van der Waals surface area (Å²) in [5, 5.41) is 14.2. The minimum Gasteiger partial charge on any atom is -0.478 e. The second kappa shape index (κ2) is 9.89. The Bertz CT molecular complexity index is 546. The maximum atomic E-state index is 11.8. The maximum Gasteiger partial charge on any atom is 0.335 e. The summed E-state index contributed by atoms with van der Waals surface area (Å²) in [6.45, 7) is 4.21. The van der Waals surface area contributed by atoms with Crippen LogP contribution in [0.25, 0.3) is 0 Å². The zero-order valence-electron chi connectivity index (χ0n) is 13.3. The number of thioether (sulfide) groups is 1. The largest absolute Gasteiger partial charge is 0.478 e. The van der Waals surface area contributed by atoms with Gasteiger partial charge in [0, 0.05) is 12.3 Å². The van der Waals surface area contributed by atoms with E-state index in [0.717, 1.165) is 12.0 Å². The van der Waals surface area contributed by atoms with Gasteiger partial charge in [-0.2, -0.15) is 0 Å². The molecule has 0 saturated carbocycles. The lowest BCUT2D eigenvalue weighted by Crippen LogP contribution is -2.45. The molecule has 1 aromatic rings. The van der Waals surface area contributed by atoms with Crippen LogP contribution >= 0.6 is 11.8 Å². The van der Waals surface area contributed by atoms with E-state index in [1.807, 2.05) is 6.92 Å². The van der Waals surface area contributed by atoms with Crippen molar-refractivity contribution in [2.45, 2.75) is 32.1 Å². The molecule has 1 rings (SSSR count). The molecule has 0 radical (unpaired) electrons. The predicted octanol–water partition coefficient (Wildman–Crippen LogP) is 1.65. The monoisotopic (exact) mass is 338 g/mol. The lowest BCUT2D eigenvalue weighted by Gasteiger charge is -2.13. The first kappa shape index (κ1) is 19.0. The Labute approximate surface area is 140 Å². The van der Waals surface area contributed by atoms with Gasteiger partial charge >= 0.3 is 5.97 Å². The number of rotatable bonds is 9. The van der Waals surface area contributed by atoms with E-state index in [-0.39, 0.29) is 23.1 Å². The number of carbonyl (C=O) groups excluding carboxylic acids is 2. The van der Waals surface area contributed by atoms with Crippen LogP contribution in [0.5, 0.6) is 0 Å². The van der Waals surface area contributed by atoms with Crippen molar-refractivity contribution < 1.29 is 19.5 Å². The van der Waals surface area contributed by atoms with Crippen molar-refractivity contribution in [2.75, 3.05) is 12.3 Å². The number of aromatic carboxylic acids is 1. The van der Waals surface area contributed by atoms with Gasteiger partial charge in [-0.1, -0.05) is 19.1 Å². The summed E-state index contributed by atoms with van der Waals surface area (Å²) in [6.07, 6.45) is 0.850. The van der Waals surface area contributed by atoms with Crippen LogP contribution in [0.4, 0.5) is 0 Å². The van der Waals surface area contributed by atoms with Gasteiger partial charge in [0.15, 0.2) is 0 Å². The van der Waals surface area contributed by atoms with Gasteiger partial charge in [0.25, 0.3) is 0 Å². The zero-order chi connectivity index (χ0) is 17.2. The van der Waals surface area contributed by atoms with Crippen molar-refractivity contribution in [3.8, 4) is 0 Å². The fraction of sp³-hybridized carbons (Fsp3) is 0.438. The second-order valence-corrected chi connectivity index (χ2v) is 6.06. The van der Waals surface area contributed by atoms with Crippen LogP contribution in [-0.2, 0) is 15.3 Å². The summed E-state index contributed by atoms with van der Waals surface area (Å²) in [5.74, 6) is -0.500. The van der Waals surface area contributed by atoms with E-state index in [0.29, 0.717) is 12.3 Å². The maximum absolute atomic E-state index is 11.8. The van der Waals surface area contributed by atoms with Gasteiger partial charge in [-0.05, 0) is 31.0 Å². The molecule has 2 amide bonds. The quantitative estimate of drug-likeness (QED) is 0.636. The highest BCUT2D eigenvalue weighted by Gasteiger charge is 2.14. The molecule has 0 aromatic heterocycles. The number of carboxylic acid groups (broad SMARTS) is 1. The molecule has 6 nitrogen and oxygen atoms in total. The molecule has 0 aliphatic rings. The van der Waals surface area contributed by atoms with E-state index in [1.54, 1.807) is 31.2 Å². The van der Waals surface area contributed by atoms with Crippen molar-refractivity contribution >= 4 is 29.5 Å². The Balaban J connectivity index is 2.30. The Kier molecular flexibility index (Phi) is 8.18. The van der Waals surface area contributed by atoms with E-state index in [2.05, 4.69) is 10.6 Å². The number of carboxylic acids is 1. The summed E-state index contributed by atoms with van der Waals surface area (Å²) in [5.41, 5.74) is 1.19. The highest BCUT2D eigenvalue weighted by Crippen LogP contribution is 2.13. The van der Waals surface area contributed by atoms with Crippen LogP contribution in [0, 0.1) is 0 Å². The molecule has 0 spiro atoms. The predicted molar refractivity (Wildman–Crippen MR) is 90.5 cm³/mol. The number of carbonyl (C=O) groups is 3. The molecule has 0 unspecified atom stereocenters. The highest BCUT2D eigenvalue weighted by molar-refractivity contribution is 7.99. The fourth-order valence-electron chi connectivity index (χ4n) is 1.76. The van der Waals surface area contributed by atoms with Gasteiger partial charge in [-0.3, -0.25) is 9.59 Å². The van der Waals surface area contributed by atoms with Gasteiger partial charge in [-0.15, -0.1) is 11.8 Å². The van der Waals surface area contributed by atoms with Crippen LogP contribution < -0.4 is 10.6 Å². The van der Waals surface area contributed by atoms with Crippen LogP contribution in [0.2, 0.25) is 0 Å². The third-order valence-corrected chi connectivity index (χ3v) is 4.03. The number of nitrogens with one attached hydrogen (secondary N) is 2. The molecule has 0 fully saturated rings. The number of hydrogen-bond donors (Lipinski definition) is 3. The van der Waals surface area contributed by atoms with E-state index >= 15 is 0 Å². The summed E-state index contributed by atoms with van der Waals surface area (Å²) >= 11 is 1.41. The molecule has 7 heteroatoms. The van der Waals surface area contributed by atoms with Crippen molar-refractivity contribution in [3.05, 3.63) is 35.4 Å². The molecule has 0 saturated heterocycles. The van der Waals surface area contributed by atoms with Crippen LogP contribution in [0.3, 0.4) is 0 Å². The van der Waals surface area contributed by atoms with Crippen molar-refractivity contribution in [1.82, 2.24) is 10.6 Å². The number of hydrogen-bond acceptors (Lipinski definition) is 4. The van der Waals surface area contributed by atoms with Crippen LogP contribution in [0.1, 0.15) is 36.2 Å². The minimum absolute atomic E-state index is 0.186.